The second kappa shape index (κ2) is 4.31. The van der Waals surface area contributed by atoms with Gasteiger partial charge in [-0.3, -0.25) is 4.79 Å². The average Bonchev–Trinajstić information content (AvgIpc) is 2.41. The molecule has 0 bridgehead atoms. The van der Waals surface area contributed by atoms with Gasteiger partial charge in [-0.1, -0.05) is 19.1 Å². The number of sulfone groups is 1. The summed E-state index contributed by atoms with van der Waals surface area (Å²) in [6.45, 7) is 1.90. The summed E-state index contributed by atoms with van der Waals surface area (Å²) in [7, 11) is -3.36. The van der Waals surface area contributed by atoms with Crippen molar-refractivity contribution in [2.75, 3.05) is 6.26 Å². The highest BCUT2D eigenvalue weighted by Crippen LogP contribution is 2.33. The first-order valence-electron chi connectivity index (χ1n) is 5.77. The molecule has 0 radical (unpaired) electrons. The lowest BCUT2D eigenvalue weighted by Gasteiger charge is -2.15. The summed E-state index contributed by atoms with van der Waals surface area (Å²) >= 11 is 0. The van der Waals surface area contributed by atoms with E-state index in [-0.39, 0.29) is 22.3 Å². The largest absolute Gasteiger partial charge is 0.301 e. The van der Waals surface area contributed by atoms with Gasteiger partial charge in [0.15, 0.2) is 9.84 Å². The summed E-state index contributed by atoms with van der Waals surface area (Å²) in [5, 5.41) is 7.68. The van der Waals surface area contributed by atoms with Crippen LogP contribution in [0, 0.1) is 5.41 Å². The van der Waals surface area contributed by atoms with E-state index >= 15 is 0 Å². The van der Waals surface area contributed by atoms with Gasteiger partial charge in [0.05, 0.1) is 10.6 Å². The van der Waals surface area contributed by atoms with Gasteiger partial charge in [0.1, 0.15) is 0 Å². The molecule has 0 amide bonds. The molecular weight excluding hydrogens is 250 g/mol. The maximum absolute atomic E-state index is 12.0. The highest BCUT2D eigenvalue weighted by atomic mass is 32.2. The number of hydrogen-bond donors (Lipinski definition) is 1. The first-order valence-corrected chi connectivity index (χ1v) is 7.66. The van der Waals surface area contributed by atoms with Crippen molar-refractivity contribution < 1.29 is 13.2 Å². The lowest BCUT2D eigenvalue weighted by atomic mass is 9.94. The molecular formula is C13H15NO3S. The van der Waals surface area contributed by atoms with Crippen molar-refractivity contribution in [2.24, 2.45) is 0 Å². The van der Waals surface area contributed by atoms with Gasteiger partial charge < -0.3 is 5.41 Å². The van der Waals surface area contributed by atoms with Crippen LogP contribution in [0.1, 0.15) is 41.6 Å². The first-order chi connectivity index (χ1) is 8.32. The Hall–Kier alpha value is -1.49. The molecule has 18 heavy (non-hydrogen) atoms. The van der Waals surface area contributed by atoms with Crippen LogP contribution in [0.2, 0.25) is 0 Å². The normalized spacial score (nSPS) is 20.4. The molecule has 0 aliphatic heterocycles. The van der Waals surface area contributed by atoms with Crippen LogP contribution in [0.3, 0.4) is 0 Å². The molecule has 0 saturated carbocycles. The Morgan fingerprint density at radius 1 is 1.33 bits per heavy atom. The van der Waals surface area contributed by atoms with E-state index in [0.29, 0.717) is 24.0 Å². The van der Waals surface area contributed by atoms with Crippen LogP contribution >= 0.6 is 0 Å². The van der Waals surface area contributed by atoms with Crippen molar-refractivity contribution >= 4 is 21.3 Å². The quantitative estimate of drug-likeness (QED) is 0.791. The van der Waals surface area contributed by atoms with Gasteiger partial charge in [-0.2, -0.15) is 0 Å². The second-order valence-corrected chi connectivity index (χ2v) is 6.72. The predicted molar refractivity (Wildman–Crippen MR) is 69.3 cm³/mol. The van der Waals surface area contributed by atoms with E-state index in [1.165, 1.54) is 6.07 Å². The summed E-state index contributed by atoms with van der Waals surface area (Å²) in [5.74, 6) is -0.377. The van der Waals surface area contributed by atoms with Crippen molar-refractivity contribution in [1.29, 1.82) is 5.41 Å². The van der Waals surface area contributed by atoms with Gasteiger partial charge in [-0.25, -0.2) is 8.42 Å². The second-order valence-electron chi connectivity index (χ2n) is 4.74. The maximum Gasteiger partial charge on any atom is 0.206 e. The highest BCUT2D eigenvalue weighted by Gasteiger charge is 2.28. The molecule has 0 spiro atoms. The maximum atomic E-state index is 12.0. The van der Waals surface area contributed by atoms with E-state index in [2.05, 4.69) is 0 Å². The van der Waals surface area contributed by atoms with Gasteiger partial charge in [-0.05, 0) is 30.4 Å². The Morgan fingerprint density at radius 3 is 2.61 bits per heavy atom. The fraction of sp³-hybridized carbons (Fsp3) is 0.385. The minimum absolute atomic E-state index is 0.0299. The molecule has 1 aliphatic carbocycles. The minimum atomic E-state index is -3.36. The third-order valence-corrected chi connectivity index (χ3v) is 4.46. The highest BCUT2D eigenvalue weighted by molar-refractivity contribution is 7.90. The van der Waals surface area contributed by atoms with Crippen molar-refractivity contribution in [3.8, 4) is 0 Å². The molecule has 2 rings (SSSR count). The standard InChI is InChI=1S/C13H15NO3S/c1-8-6-7-10(14)13(15)9-4-3-5-11(12(8)9)18(2,16)17/h3-5,8,14H,6-7H2,1-2H3. The number of carbonyl (C=O) groups is 1. The third kappa shape index (κ3) is 2.10. The van der Waals surface area contributed by atoms with Gasteiger partial charge in [0.25, 0.3) is 0 Å². The zero-order valence-electron chi connectivity index (χ0n) is 10.4. The van der Waals surface area contributed by atoms with Crippen molar-refractivity contribution in [3.63, 3.8) is 0 Å². The third-order valence-electron chi connectivity index (χ3n) is 3.30. The zero-order valence-corrected chi connectivity index (χ0v) is 11.2. The smallest absolute Gasteiger partial charge is 0.206 e. The average molecular weight is 265 g/mol. The number of Topliss-reactive ketones (excluding diaryl/α,β-unsaturated/α-hetero) is 1. The summed E-state index contributed by atoms with van der Waals surface area (Å²) in [5.41, 5.74) is 1.01. The molecule has 1 aromatic carbocycles. The Kier molecular flexibility index (Phi) is 3.11. The van der Waals surface area contributed by atoms with Gasteiger partial charge >= 0.3 is 0 Å². The molecule has 1 aromatic rings. The topological polar surface area (TPSA) is 75.1 Å². The summed E-state index contributed by atoms with van der Waals surface area (Å²) in [4.78, 5) is 12.3. The molecule has 0 aromatic heterocycles. The molecule has 1 unspecified atom stereocenters. The lowest BCUT2D eigenvalue weighted by molar-refractivity contribution is 0.106. The number of ketones is 1. The Labute approximate surface area is 106 Å². The summed E-state index contributed by atoms with van der Waals surface area (Å²) in [6, 6.07) is 4.72. The molecule has 4 nitrogen and oxygen atoms in total. The Morgan fingerprint density at radius 2 is 2.00 bits per heavy atom. The minimum Gasteiger partial charge on any atom is -0.301 e. The number of hydrogen-bond acceptors (Lipinski definition) is 4. The van der Waals surface area contributed by atoms with Crippen LogP contribution in [-0.4, -0.2) is 26.2 Å². The number of fused-ring (bicyclic) bond motifs is 1. The molecule has 5 heteroatoms. The molecule has 0 saturated heterocycles. The van der Waals surface area contributed by atoms with E-state index in [9.17, 15) is 13.2 Å². The Bertz CT molecular complexity index is 632. The fourth-order valence-corrected chi connectivity index (χ4v) is 3.39. The lowest BCUT2D eigenvalue weighted by Crippen LogP contribution is -2.13. The van der Waals surface area contributed by atoms with Crippen LogP contribution in [0.25, 0.3) is 0 Å². The van der Waals surface area contributed by atoms with Gasteiger partial charge in [0.2, 0.25) is 5.78 Å². The predicted octanol–water partition coefficient (Wildman–Crippen LogP) is 2.19. The molecule has 96 valence electrons. The fourth-order valence-electron chi connectivity index (χ4n) is 2.35. The van der Waals surface area contributed by atoms with E-state index in [4.69, 9.17) is 5.41 Å². The van der Waals surface area contributed by atoms with Crippen LogP contribution in [-0.2, 0) is 9.84 Å². The van der Waals surface area contributed by atoms with Crippen molar-refractivity contribution in [2.45, 2.75) is 30.6 Å². The van der Waals surface area contributed by atoms with Gasteiger partial charge in [0, 0.05) is 11.8 Å². The van der Waals surface area contributed by atoms with Crippen LogP contribution in [0.5, 0.6) is 0 Å². The van der Waals surface area contributed by atoms with Crippen molar-refractivity contribution in [3.05, 3.63) is 29.3 Å². The van der Waals surface area contributed by atoms with Crippen LogP contribution in [0.4, 0.5) is 0 Å². The van der Waals surface area contributed by atoms with Crippen molar-refractivity contribution in [1.82, 2.24) is 0 Å². The SMILES string of the molecule is CC1CCC(=N)C(=O)c2cccc(S(C)(=O)=O)c21. The van der Waals surface area contributed by atoms with E-state index in [0.717, 1.165) is 6.26 Å². The first kappa shape index (κ1) is 13.0. The molecule has 0 heterocycles. The number of nitrogens with one attached hydrogen (secondary N) is 1. The van der Waals surface area contributed by atoms with Gasteiger partial charge in [-0.15, -0.1) is 0 Å². The monoisotopic (exact) mass is 265 g/mol. The number of carbonyl (C=O) groups excluding carboxylic acids is 1. The van der Waals surface area contributed by atoms with Crippen LogP contribution < -0.4 is 0 Å². The molecule has 1 atom stereocenters. The Balaban J connectivity index is 2.78. The summed E-state index contributed by atoms with van der Waals surface area (Å²) in [6.07, 6.45) is 2.18. The van der Waals surface area contributed by atoms with E-state index in [1.54, 1.807) is 12.1 Å². The van der Waals surface area contributed by atoms with Crippen LogP contribution in [0.15, 0.2) is 23.1 Å². The summed E-state index contributed by atoms with van der Waals surface area (Å²) < 4.78 is 23.6. The number of benzene rings is 1. The molecule has 1 N–H and O–H groups in total. The molecule has 1 aliphatic rings. The number of rotatable bonds is 1. The zero-order chi connectivity index (χ0) is 13.5. The molecule has 0 fully saturated rings. The van der Waals surface area contributed by atoms with E-state index < -0.39 is 9.84 Å². The van der Waals surface area contributed by atoms with E-state index in [1.807, 2.05) is 6.92 Å².